The molecule has 0 saturated carbocycles. The minimum absolute atomic E-state index is 0.123. The van der Waals surface area contributed by atoms with Crippen LogP contribution in [0.5, 0.6) is 5.75 Å². The Morgan fingerprint density at radius 3 is 2.32 bits per heavy atom. The number of carbonyl (C=O) groups is 3. The molecule has 2 aromatic carbocycles. The van der Waals surface area contributed by atoms with E-state index in [-0.39, 0.29) is 17.9 Å². The summed E-state index contributed by atoms with van der Waals surface area (Å²) >= 11 is 11.8. The molecular weight excluding hydrogens is 407 g/mol. The third-order valence-electron chi connectivity index (χ3n) is 3.52. The van der Waals surface area contributed by atoms with Crippen molar-refractivity contribution in [3.63, 3.8) is 0 Å². The molecule has 2 amide bonds. The van der Waals surface area contributed by atoms with Gasteiger partial charge < -0.3 is 20.1 Å². The Morgan fingerprint density at radius 1 is 0.929 bits per heavy atom. The number of hydrogen-bond acceptors (Lipinski definition) is 5. The van der Waals surface area contributed by atoms with Crippen molar-refractivity contribution in [2.75, 3.05) is 24.4 Å². The van der Waals surface area contributed by atoms with Gasteiger partial charge in [-0.25, -0.2) is 0 Å². The summed E-state index contributed by atoms with van der Waals surface area (Å²) in [5.74, 6) is -0.934. The average molecular weight is 425 g/mol. The first-order valence-electron chi connectivity index (χ1n) is 8.22. The summed E-state index contributed by atoms with van der Waals surface area (Å²) in [5.41, 5.74) is 0.894. The van der Waals surface area contributed by atoms with E-state index in [4.69, 9.17) is 32.7 Å². The number of hydrogen-bond donors (Lipinski definition) is 2. The highest BCUT2D eigenvalue weighted by Gasteiger charge is 2.12. The number of nitrogens with one attached hydrogen (secondary N) is 2. The first kappa shape index (κ1) is 21.5. The second kappa shape index (κ2) is 10.5. The molecule has 0 bridgehead atoms. The van der Waals surface area contributed by atoms with E-state index in [2.05, 4.69) is 10.6 Å². The monoisotopic (exact) mass is 424 g/mol. The summed E-state index contributed by atoms with van der Waals surface area (Å²) in [6, 6.07) is 11.5. The molecule has 148 valence electrons. The number of benzene rings is 2. The predicted octanol–water partition coefficient (Wildman–Crippen LogP) is 3.90. The highest BCUT2D eigenvalue weighted by molar-refractivity contribution is 6.44. The fraction of sp³-hybridized carbons (Fsp3) is 0.211. The number of esters is 1. The molecule has 0 aliphatic rings. The van der Waals surface area contributed by atoms with E-state index in [1.54, 1.807) is 42.5 Å². The van der Waals surface area contributed by atoms with Crippen molar-refractivity contribution in [1.82, 2.24) is 0 Å². The highest BCUT2D eigenvalue weighted by atomic mass is 35.5. The zero-order valence-electron chi connectivity index (χ0n) is 15.0. The normalized spacial score (nSPS) is 10.1. The van der Waals surface area contributed by atoms with Crippen molar-refractivity contribution in [1.29, 1.82) is 0 Å². The van der Waals surface area contributed by atoms with E-state index in [1.165, 1.54) is 7.11 Å². The molecule has 0 aromatic heterocycles. The Morgan fingerprint density at radius 2 is 1.64 bits per heavy atom. The lowest BCUT2D eigenvalue weighted by molar-refractivity contribution is -0.147. The van der Waals surface area contributed by atoms with Gasteiger partial charge in [0, 0.05) is 12.1 Å². The topological polar surface area (TPSA) is 93.7 Å². The van der Waals surface area contributed by atoms with Crippen LogP contribution < -0.4 is 15.4 Å². The summed E-state index contributed by atoms with van der Waals surface area (Å²) in [7, 11) is 1.54. The minimum Gasteiger partial charge on any atom is -0.497 e. The maximum atomic E-state index is 11.9. The van der Waals surface area contributed by atoms with Crippen molar-refractivity contribution in [2.45, 2.75) is 12.8 Å². The maximum Gasteiger partial charge on any atom is 0.306 e. The first-order chi connectivity index (χ1) is 13.4. The quantitative estimate of drug-likeness (QED) is 0.626. The van der Waals surface area contributed by atoms with E-state index in [1.807, 2.05) is 0 Å². The molecular formula is C19H18Cl2N2O5. The molecule has 0 fully saturated rings. The molecule has 7 nitrogen and oxygen atoms in total. The largest absolute Gasteiger partial charge is 0.497 e. The van der Waals surface area contributed by atoms with Gasteiger partial charge >= 0.3 is 5.97 Å². The fourth-order valence-corrected chi connectivity index (χ4v) is 2.47. The average Bonchev–Trinajstić information content (AvgIpc) is 2.69. The Bertz CT molecular complexity index is 856. The van der Waals surface area contributed by atoms with Crippen LogP contribution in [0.3, 0.4) is 0 Å². The van der Waals surface area contributed by atoms with Crippen LogP contribution in [0.15, 0.2) is 42.5 Å². The van der Waals surface area contributed by atoms with Crippen LogP contribution in [0.25, 0.3) is 0 Å². The predicted molar refractivity (Wildman–Crippen MR) is 107 cm³/mol. The Kier molecular flexibility index (Phi) is 8.10. The first-order valence-corrected chi connectivity index (χ1v) is 8.98. The van der Waals surface area contributed by atoms with Gasteiger partial charge in [-0.2, -0.15) is 0 Å². The second-order valence-corrected chi connectivity index (χ2v) is 6.37. The highest BCUT2D eigenvalue weighted by Crippen LogP contribution is 2.29. The maximum absolute atomic E-state index is 11.9. The molecule has 0 aliphatic heterocycles. The van der Waals surface area contributed by atoms with Crippen LogP contribution in [0.4, 0.5) is 11.4 Å². The van der Waals surface area contributed by atoms with Crippen molar-refractivity contribution >= 4 is 52.4 Å². The van der Waals surface area contributed by atoms with Crippen LogP contribution in [0.1, 0.15) is 12.8 Å². The zero-order chi connectivity index (χ0) is 20.5. The molecule has 9 heteroatoms. The van der Waals surface area contributed by atoms with Crippen LogP contribution in [0.2, 0.25) is 10.0 Å². The Hall–Kier alpha value is -2.77. The molecule has 0 heterocycles. The van der Waals surface area contributed by atoms with E-state index in [0.29, 0.717) is 22.1 Å². The van der Waals surface area contributed by atoms with Crippen LogP contribution >= 0.6 is 23.2 Å². The van der Waals surface area contributed by atoms with Gasteiger partial charge in [0.25, 0.3) is 5.91 Å². The molecule has 0 atom stereocenters. The van der Waals surface area contributed by atoms with Crippen LogP contribution in [-0.2, 0) is 19.1 Å². The number of amides is 2. The van der Waals surface area contributed by atoms with Crippen molar-refractivity contribution in [3.8, 4) is 5.75 Å². The number of anilines is 2. The molecule has 0 saturated heterocycles. The van der Waals surface area contributed by atoms with E-state index in [0.717, 1.165) is 0 Å². The number of methoxy groups -OCH3 is 1. The lowest BCUT2D eigenvalue weighted by Gasteiger charge is -2.09. The molecule has 2 aromatic rings. The zero-order valence-corrected chi connectivity index (χ0v) is 16.5. The van der Waals surface area contributed by atoms with E-state index < -0.39 is 24.4 Å². The molecule has 2 N–H and O–H groups in total. The van der Waals surface area contributed by atoms with E-state index >= 15 is 0 Å². The summed E-state index contributed by atoms with van der Waals surface area (Å²) in [6.07, 6.45) is -0.304. The number of rotatable bonds is 8. The Balaban J connectivity index is 1.70. The summed E-state index contributed by atoms with van der Waals surface area (Å²) in [4.78, 5) is 35.4. The standard InChI is InChI=1S/C19H18Cl2N2O5/c1-27-13-7-5-12(6-8-13)22-17(25)11-28-18(26)10-9-16(24)23-15-4-2-3-14(20)19(15)21/h2-8H,9-11H2,1H3,(H,22,25)(H,23,24). The lowest BCUT2D eigenvalue weighted by Crippen LogP contribution is -2.21. The van der Waals surface area contributed by atoms with Gasteiger partial charge in [-0.15, -0.1) is 0 Å². The van der Waals surface area contributed by atoms with Gasteiger partial charge in [-0.05, 0) is 36.4 Å². The molecule has 0 unspecified atom stereocenters. The van der Waals surface area contributed by atoms with Gasteiger partial charge in [0.05, 0.1) is 29.3 Å². The van der Waals surface area contributed by atoms with Gasteiger partial charge in [0.15, 0.2) is 6.61 Å². The summed E-state index contributed by atoms with van der Waals surface area (Å²) in [6.45, 7) is -0.452. The number of ether oxygens (including phenoxy) is 2. The van der Waals surface area contributed by atoms with E-state index in [9.17, 15) is 14.4 Å². The summed E-state index contributed by atoms with van der Waals surface area (Å²) in [5, 5.41) is 5.67. The SMILES string of the molecule is COc1ccc(NC(=O)COC(=O)CCC(=O)Nc2cccc(Cl)c2Cl)cc1. The lowest BCUT2D eigenvalue weighted by atomic mass is 10.2. The second-order valence-electron chi connectivity index (χ2n) is 5.59. The van der Waals surface area contributed by atoms with Gasteiger partial charge in [-0.3, -0.25) is 14.4 Å². The number of halogens is 2. The van der Waals surface area contributed by atoms with Gasteiger partial charge in [0.2, 0.25) is 5.91 Å². The molecule has 28 heavy (non-hydrogen) atoms. The van der Waals surface area contributed by atoms with Crippen LogP contribution in [0, 0.1) is 0 Å². The Labute approximate surface area is 171 Å². The molecule has 0 spiro atoms. The fourth-order valence-electron chi connectivity index (χ4n) is 2.12. The molecule has 0 aliphatic carbocycles. The van der Waals surface area contributed by atoms with Gasteiger partial charge in [0.1, 0.15) is 5.75 Å². The smallest absolute Gasteiger partial charge is 0.306 e. The molecule has 2 rings (SSSR count). The van der Waals surface area contributed by atoms with Gasteiger partial charge in [-0.1, -0.05) is 29.3 Å². The van der Waals surface area contributed by atoms with Crippen molar-refractivity contribution in [2.24, 2.45) is 0 Å². The van der Waals surface area contributed by atoms with Crippen molar-refractivity contribution in [3.05, 3.63) is 52.5 Å². The van der Waals surface area contributed by atoms with Crippen LogP contribution in [-0.4, -0.2) is 31.5 Å². The number of carbonyl (C=O) groups excluding carboxylic acids is 3. The third kappa shape index (κ3) is 6.75. The third-order valence-corrected chi connectivity index (χ3v) is 4.34. The minimum atomic E-state index is -0.669. The summed E-state index contributed by atoms with van der Waals surface area (Å²) < 4.78 is 9.88. The molecule has 0 radical (unpaired) electrons. The van der Waals surface area contributed by atoms with Crippen molar-refractivity contribution < 1.29 is 23.9 Å².